The number of aromatic nitrogens is 2. The highest BCUT2D eigenvalue weighted by Gasteiger charge is 2.35. The van der Waals surface area contributed by atoms with Crippen molar-refractivity contribution in [3.63, 3.8) is 0 Å². The second-order valence-corrected chi connectivity index (χ2v) is 13.0. The molecule has 0 amide bonds. The van der Waals surface area contributed by atoms with Gasteiger partial charge in [0.1, 0.15) is 0 Å². The SMILES string of the molecule is CC1(C)c2ccccc2-c2cc3c(ccc4cc(-c5nc(-c6ccccc6)cc(-c6ccccc6-c6ccccc6)n5)ccc43)cc21. The minimum absolute atomic E-state index is 0.0170. The summed E-state index contributed by atoms with van der Waals surface area (Å²) in [5.41, 5.74) is 12.8. The van der Waals surface area contributed by atoms with Crippen LogP contribution in [0.5, 0.6) is 0 Å². The highest BCUT2D eigenvalue weighted by molar-refractivity contribution is 6.10. The molecule has 0 saturated carbocycles. The third-order valence-electron chi connectivity index (χ3n) is 9.88. The summed E-state index contributed by atoms with van der Waals surface area (Å²) in [6, 6.07) is 56.4. The van der Waals surface area contributed by atoms with Crippen LogP contribution < -0.4 is 0 Å². The van der Waals surface area contributed by atoms with Gasteiger partial charge in [-0.05, 0) is 79.2 Å². The largest absolute Gasteiger partial charge is 0.228 e. The van der Waals surface area contributed by atoms with E-state index in [-0.39, 0.29) is 5.41 Å². The van der Waals surface area contributed by atoms with E-state index in [9.17, 15) is 0 Å². The van der Waals surface area contributed by atoms with Gasteiger partial charge < -0.3 is 0 Å². The molecular weight excluding hydrogens is 569 g/mol. The number of hydrogen-bond acceptors (Lipinski definition) is 2. The second-order valence-electron chi connectivity index (χ2n) is 13.0. The van der Waals surface area contributed by atoms with Crippen LogP contribution in [-0.4, -0.2) is 9.97 Å². The van der Waals surface area contributed by atoms with Crippen molar-refractivity contribution < 1.29 is 0 Å². The molecule has 7 aromatic carbocycles. The molecule has 1 aromatic heterocycles. The monoisotopic (exact) mass is 600 g/mol. The smallest absolute Gasteiger partial charge is 0.160 e. The van der Waals surface area contributed by atoms with Gasteiger partial charge in [0.25, 0.3) is 0 Å². The zero-order valence-electron chi connectivity index (χ0n) is 26.4. The van der Waals surface area contributed by atoms with Gasteiger partial charge in [-0.15, -0.1) is 0 Å². The van der Waals surface area contributed by atoms with Crippen LogP contribution in [0.4, 0.5) is 0 Å². The summed E-state index contributed by atoms with van der Waals surface area (Å²) in [5, 5.41) is 4.97. The van der Waals surface area contributed by atoms with Crippen LogP contribution in [0, 0.1) is 0 Å². The average molecular weight is 601 g/mol. The summed E-state index contributed by atoms with van der Waals surface area (Å²) in [5.74, 6) is 0.718. The fourth-order valence-electron chi connectivity index (χ4n) is 7.45. The lowest BCUT2D eigenvalue weighted by molar-refractivity contribution is 0.661. The zero-order valence-corrected chi connectivity index (χ0v) is 26.4. The van der Waals surface area contributed by atoms with Gasteiger partial charge in [0.15, 0.2) is 5.82 Å². The van der Waals surface area contributed by atoms with Crippen LogP contribution in [0.2, 0.25) is 0 Å². The molecule has 0 saturated heterocycles. The molecule has 0 spiro atoms. The molecule has 0 fully saturated rings. The molecule has 8 aromatic rings. The van der Waals surface area contributed by atoms with Crippen LogP contribution in [-0.2, 0) is 5.41 Å². The van der Waals surface area contributed by atoms with E-state index in [0.717, 1.165) is 39.5 Å². The van der Waals surface area contributed by atoms with Crippen LogP contribution >= 0.6 is 0 Å². The van der Waals surface area contributed by atoms with E-state index in [1.165, 1.54) is 49.4 Å². The Hall–Kier alpha value is -5.86. The minimum Gasteiger partial charge on any atom is -0.228 e. The first-order valence-corrected chi connectivity index (χ1v) is 16.3. The molecule has 2 nitrogen and oxygen atoms in total. The molecular formula is C45H32N2. The fraction of sp³-hybridized carbons (Fsp3) is 0.0667. The van der Waals surface area contributed by atoms with Crippen molar-refractivity contribution in [2.24, 2.45) is 0 Å². The quantitative estimate of drug-likeness (QED) is 0.188. The second kappa shape index (κ2) is 10.6. The standard InChI is InChI=1S/C45H32N2/c1-45(2)40-20-12-11-18-36(40)39-27-38-32(26-41(39)45)22-21-31-25-33(23-24-35(31)38)44-46-42(30-15-7-4-8-16-30)28-43(47-44)37-19-10-9-17-34(37)29-13-5-3-6-14-29/h3-28H,1-2H3. The third kappa shape index (κ3) is 4.48. The van der Waals surface area contributed by atoms with Gasteiger partial charge in [0.05, 0.1) is 11.4 Å². The summed E-state index contributed by atoms with van der Waals surface area (Å²) in [6.45, 7) is 4.68. The van der Waals surface area contributed by atoms with Gasteiger partial charge >= 0.3 is 0 Å². The fourth-order valence-corrected chi connectivity index (χ4v) is 7.45. The number of rotatable bonds is 4. The summed E-state index contributed by atoms with van der Waals surface area (Å²) in [7, 11) is 0. The molecule has 0 aliphatic heterocycles. The van der Waals surface area contributed by atoms with Crippen molar-refractivity contribution in [2.45, 2.75) is 19.3 Å². The minimum atomic E-state index is -0.0170. The van der Waals surface area contributed by atoms with E-state index >= 15 is 0 Å². The Kier molecular flexibility index (Phi) is 6.20. The highest BCUT2D eigenvalue weighted by atomic mass is 14.9. The van der Waals surface area contributed by atoms with Crippen molar-refractivity contribution in [2.75, 3.05) is 0 Å². The normalized spacial score (nSPS) is 13.1. The lowest BCUT2D eigenvalue weighted by Gasteiger charge is -2.21. The van der Waals surface area contributed by atoms with Gasteiger partial charge in [-0.3, -0.25) is 0 Å². The Balaban J connectivity index is 1.22. The first-order chi connectivity index (χ1) is 23.0. The molecule has 9 rings (SSSR count). The van der Waals surface area contributed by atoms with Crippen LogP contribution in [0.3, 0.4) is 0 Å². The number of fused-ring (bicyclic) bond motifs is 6. The van der Waals surface area contributed by atoms with E-state index in [1.54, 1.807) is 0 Å². The van der Waals surface area contributed by atoms with Gasteiger partial charge in [0.2, 0.25) is 0 Å². The van der Waals surface area contributed by atoms with Crippen molar-refractivity contribution in [1.82, 2.24) is 9.97 Å². The Morgan fingerprint density at radius 3 is 1.77 bits per heavy atom. The van der Waals surface area contributed by atoms with E-state index in [0.29, 0.717) is 0 Å². The van der Waals surface area contributed by atoms with Crippen molar-refractivity contribution in [3.05, 3.63) is 169 Å². The zero-order chi connectivity index (χ0) is 31.5. The molecule has 222 valence electrons. The molecule has 1 aliphatic carbocycles. The highest BCUT2D eigenvalue weighted by Crippen LogP contribution is 2.50. The van der Waals surface area contributed by atoms with Gasteiger partial charge in [-0.25, -0.2) is 9.97 Å². The molecule has 0 atom stereocenters. The van der Waals surface area contributed by atoms with Gasteiger partial charge in [-0.1, -0.05) is 147 Å². The number of nitrogens with zero attached hydrogens (tertiary/aromatic N) is 2. The van der Waals surface area contributed by atoms with E-state index in [1.807, 2.05) is 6.07 Å². The Bertz CT molecular complexity index is 2480. The lowest BCUT2D eigenvalue weighted by atomic mass is 9.81. The maximum absolute atomic E-state index is 5.23. The first kappa shape index (κ1) is 27.5. The Morgan fingerprint density at radius 2 is 1.00 bits per heavy atom. The van der Waals surface area contributed by atoms with E-state index in [4.69, 9.17) is 9.97 Å². The summed E-state index contributed by atoms with van der Waals surface area (Å²) < 4.78 is 0. The predicted octanol–water partition coefficient (Wildman–Crippen LogP) is 11.8. The number of benzene rings is 7. The van der Waals surface area contributed by atoms with Crippen molar-refractivity contribution in [3.8, 4) is 56.2 Å². The third-order valence-corrected chi connectivity index (χ3v) is 9.88. The van der Waals surface area contributed by atoms with E-state index in [2.05, 4.69) is 166 Å². The topological polar surface area (TPSA) is 25.8 Å². The van der Waals surface area contributed by atoms with E-state index < -0.39 is 0 Å². The maximum atomic E-state index is 5.23. The molecule has 1 heterocycles. The molecule has 0 radical (unpaired) electrons. The Labute approximate surface area is 275 Å². The van der Waals surface area contributed by atoms with Crippen molar-refractivity contribution >= 4 is 21.5 Å². The summed E-state index contributed by atoms with van der Waals surface area (Å²) >= 11 is 0. The molecule has 0 N–H and O–H groups in total. The van der Waals surface area contributed by atoms with Crippen LogP contribution in [0.15, 0.2) is 158 Å². The van der Waals surface area contributed by atoms with Crippen molar-refractivity contribution in [1.29, 1.82) is 0 Å². The molecule has 47 heavy (non-hydrogen) atoms. The predicted molar refractivity (Wildman–Crippen MR) is 196 cm³/mol. The van der Waals surface area contributed by atoms with Crippen LogP contribution in [0.1, 0.15) is 25.0 Å². The maximum Gasteiger partial charge on any atom is 0.160 e. The lowest BCUT2D eigenvalue weighted by Crippen LogP contribution is -2.14. The molecule has 0 bridgehead atoms. The first-order valence-electron chi connectivity index (χ1n) is 16.3. The van der Waals surface area contributed by atoms with Gasteiger partial charge in [-0.2, -0.15) is 0 Å². The molecule has 2 heteroatoms. The Morgan fingerprint density at radius 1 is 0.383 bits per heavy atom. The van der Waals surface area contributed by atoms with Crippen LogP contribution in [0.25, 0.3) is 77.7 Å². The van der Waals surface area contributed by atoms with Gasteiger partial charge in [0, 0.05) is 22.1 Å². The molecule has 1 aliphatic rings. The molecule has 0 unspecified atom stereocenters. The average Bonchev–Trinajstić information content (AvgIpc) is 3.36. The summed E-state index contributed by atoms with van der Waals surface area (Å²) in [6.07, 6.45) is 0. The summed E-state index contributed by atoms with van der Waals surface area (Å²) in [4.78, 5) is 10.4. The number of hydrogen-bond donors (Lipinski definition) is 0.